The van der Waals surface area contributed by atoms with Crippen molar-refractivity contribution < 1.29 is 32.7 Å². The Hall–Kier alpha value is -2.47. The second-order valence-electron chi connectivity index (χ2n) is 10.9. The molecule has 0 aliphatic rings. The van der Waals surface area contributed by atoms with E-state index in [0.717, 1.165) is 22.3 Å². The van der Waals surface area contributed by atoms with E-state index >= 15 is 0 Å². The summed E-state index contributed by atoms with van der Waals surface area (Å²) in [7, 11) is -2.87. The first kappa shape index (κ1) is 29.8. The van der Waals surface area contributed by atoms with Crippen LogP contribution in [-0.2, 0) is 34.0 Å². The van der Waals surface area contributed by atoms with Crippen LogP contribution in [0.4, 0.5) is 0 Å². The van der Waals surface area contributed by atoms with Gasteiger partial charge in [-0.15, -0.1) is 0 Å². The van der Waals surface area contributed by atoms with Crippen LogP contribution >= 0.6 is 8.25 Å². The minimum atomic E-state index is -2.87. The highest BCUT2D eigenvalue weighted by Crippen LogP contribution is 2.33. The summed E-state index contributed by atoms with van der Waals surface area (Å²) < 4.78 is 33.3. The van der Waals surface area contributed by atoms with Crippen molar-refractivity contribution in [1.29, 1.82) is 0 Å². The van der Waals surface area contributed by atoms with Crippen molar-refractivity contribution in [1.82, 2.24) is 0 Å². The lowest BCUT2D eigenvalue weighted by Gasteiger charge is -2.22. The fraction of sp³-hybridized carbons (Fsp3) is 0.500. The Bertz CT molecular complexity index is 1010. The van der Waals surface area contributed by atoms with Crippen molar-refractivity contribution in [2.24, 2.45) is 0 Å². The molecule has 2 rings (SSSR count). The first-order chi connectivity index (χ1) is 16.7. The first-order valence-electron chi connectivity index (χ1n) is 12.1. The Morgan fingerprint density at radius 2 is 1.06 bits per heavy atom. The highest BCUT2D eigenvalue weighted by atomic mass is 31.1. The summed E-state index contributed by atoms with van der Waals surface area (Å²) in [5.74, 6) is 0.0471. The van der Waals surface area contributed by atoms with Crippen molar-refractivity contribution in [2.45, 2.75) is 79.1 Å². The Balaban J connectivity index is 1.76. The summed E-state index contributed by atoms with van der Waals surface area (Å²) in [6.45, 7) is 15.9. The highest BCUT2D eigenvalue weighted by molar-refractivity contribution is 7.33. The topological polar surface area (TPSA) is 88.1 Å². The minimum Gasteiger partial charge on any atom is -0.426 e. The van der Waals surface area contributed by atoms with Crippen LogP contribution in [0.25, 0.3) is 0 Å². The monoisotopic (exact) mass is 518 g/mol. The summed E-state index contributed by atoms with van der Waals surface area (Å²) >= 11 is 0. The zero-order valence-corrected chi connectivity index (χ0v) is 23.7. The average Bonchev–Trinajstić information content (AvgIpc) is 2.72. The third-order valence-electron chi connectivity index (χ3n) is 5.39. The molecule has 0 saturated carbocycles. The van der Waals surface area contributed by atoms with E-state index in [4.69, 9.17) is 18.5 Å². The summed E-state index contributed by atoms with van der Waals surface area (Å²) in [5.41, 5.74) is 3.44. The fourth-order valence-corrected chi connectivity index (χ4v) is 4.11. The largest absolute Gasteiger partial charge is 0.426 e. The SMILES string of the molecule is Cc1ccc(C(C)(C)C)c(OC(=O)CCO[PH](=O)OCCC(=O)Oc2cc(C)ccc2C(C)(C)C)c1. The van der Waals surface area contributed by atoms with E-state index in [-0.39, 0.29) is 36.9 Å². The molecule has 0 heterocycles. The molecule has 0 amide bonds. The number of aryl methyl sites for hydroxylation is 2. The molecule has 2 aromatic rings. The van der Waals surface area contributed by atoms with Crippen LogP contribution in [0.2, 0.25) is 0 Å². The zero-order chi connectivity index (χ0) is 27.1. The summed E-state index contributed by atoms with van der Waals surface area (Å²) in [6.07, 6.45) is -0.162. The van der Waals surface area contributed by atoms with Crippen LogP contribution < -0.4 is 9.47 Å². The standard InChI is InChI=1S/C28H39O7P/c1-19-9-11-21(27(3,4)5)23(17-19)34-25(29)13-15-32-36(31)33-16-14-26(30)35-24-18-20(2)10-12-22(24)28(6,7)8/h9-12,17-18,36H,13-16H2,1-8H3. The Labute approximate surface area is 215 Å². The van der Waals surface area contributed by atoms with E-state index in [1.54, 1.807) is 0 Å². The molecule has 0 bridgehead atoms. The van der Waals surface area contributed by atoms with E-state index in [0.29, 0.717) is 11.5 Å². The molecule has 2 aromatic carbocycles. The average molecular weight is 519 g/mol. The smallest absolute Gasteiger partial charge is 0.319 e. The maximum Gasteiger partial charge on any atom is 0.319 e. The molecule has 36 heavy (non-hydrogen) atoms. The lowest BCUT2D eigenvalue weighted by Crippen LogP contribution is -2.17. The minimum absolute atomic E-state index is 0.0811. The molecule has 0 N–H and O–H groups in total. The first-order valence-corrected chi connectivity index (χ1v) is 13.3. The summed E-state index contributed by atoms with van der Waals surface area (Å²) in [4.78, 5) is 24.6. The van der Waals surface area contributed by atoms with Gasteiger partial charge in [-0.2, -0.15) is 0 Å². The molecule has 7 nitrogen and oxygen atoms in total. The second kappa shape index (κ2) is 12.7. The van der Waals surface area contributed by atoms with Crippen LogP contribution in [-0.4, -0.2) is 25.2 Å². The molecule has 198 valence electrons. The molecular weight excluding hydrogens is 479 g/mol. The van der Waals surface area contributed by atoms with Gasteiger partial charge in [0.15, 0.2) is 0 Å². The maximum absolute atomic E-state index is 12.3. The number of esters is 2. The lowest BCUT2D eigenvalue weighted by molar-refractivity contribution is -0.135. The predicted octanol–water partition coefficient (Wildman–Crippen LogP) is 6.61. The highest BCUT2D eigenvalue weighted by Gasteiger charge is 2.22. The number of rotatable bonds is 10. The maximum atomic E-state index is 12.3. The van der Waals surface area contributed by atoms with Crippen molar-refractivity contribution in [3.05, 3.63) is 58.7 Å². The van der Waals surface area contributed by atoms with Crippen molar-refractivity contribution >= 4 is 20.2 Å². The third-order valence-corrected chi connectivity index (χ3v) is 6.27. The normalized spacial score (nSPS) is 12.0. The Kier molecular flexibility index (Phi) is 10.5. The van der Waals surface area contributed by atoms with Gasteiger partial charge in [0.1, 0.15) is 11.5 Å². The number of hydrogen-bond donors (Lipinski definition) is 0. The molecule has 0 saturated heterocycles. The second-order valence-corrected chi connectivity index (χ2v) is 12.0. The number of benzene rings is 2. The number of hydrogen-bond acceptors (Lipinski definition) is 7. The molecule has 0 radical (unpaired) electrons. The van der Waals surface area contributed by atoms with E-state index in [1.165, 1.54) is 0 Å². The summed E-state index contributed by atoms with van der Waals surface area (Å²) in [6, 6.07) is 11.5. The molecule has 0 aliphatic carbocycles. The van der Waals surface area contributed by atoms with Gasteiger partial charge in [0.05, 0.1) is 26.1 Å². The number of carbonyl (C=O) groups is 2. The van der Waals surface area contributed by atoms with Crippen LogP contribution in [0, 0.1) is 13.8 Å². The third kappa shape index (κ3) is 9.53. The number of carbonyl (C=O) groups excluding carboxylic acids is 2. The Morgan fingerprint density at radius 1 is 0.694 bits per heavy atom. The van der Waals surface area contributed by atoms with E-state index < -0.39 is 20.2 Å². The molecular formula is C28H39O7P. The molecule has 0 aromatic heterocycles. The number of ether oxygens (including phenoxy) is 2. The van der Waals surface area contributed by atoms with E-state index in [9.17, 15) is 14.2 Å². The van der Waals surface area contributed by atoms with Gasteiger partial charge >= 0.3 is 20.2 Å². The Morgan fingerprint density at radius 3 is 1.39 bits per heavy atom. The van der Waals surface area contributed by atoms with Gasteiger partial charge in [0, 0.05) is 11.1 Å². The van der Waals surface area contributed by atoms with E-state index in [2.05, 4.69) is 0 Å². The molecule has 0 aliphatic heterocycles. The van der Waals surface area contributed by atoms with Crippen LogP contribution in [0.5, 0.6) is 11.5 Å². The zero-order valence-electron chi connectivity index (χ0n) is 22.7. The molecule has 0 unspecified atom stereocenters. The van der Waals surface area contributed by atoms with Gasteiger partial charge in [-0.05, 0) is 47.9 Å². The lowest BCUT2D eigenvalue weighted by atomic mass is 9.86. The van der Waals surface area contributed by atoms with Gasteiger partial charge in [-0.3, -0.25) is 14.2 Å². The fourth-order valence-electron chi connectivity index (χ4n) is 3.49. The van der Waals surface area contributed by atoms with Crippen molar-refractivity contribution in [3.8, 4) is 11.5 Å². The van der Waals surface area contributed by atoms with Crippen molar-refractivity contribution in [3.63, 3.8) is 0 Å². The van der Waals surface area contributed by atoms with Gasteiger partial charge in [-0.25, -0.2) is 0 Å². The van der Waals surface area contributed by atoms with Gasteiger partial charge in [-0.1, -0.05) is 65.8 Å². The van der Waals surface area contributed by atoms with E-state index in [1.807, 2.05) is 91.8 Å². The van der Waals surface area contributed by atoms with Gasteiger partial charge < -0.3 is 18.5 Å². The molecule has 0 atom stereocenters. The van der Waals surface area contributed by atoms with Crippen LogP contribution in [0.1, 0.15) is 76.6 Å². The quantitative estimate of drug-likeness (QED) is 0.199. The molecule has 8 heteroatoms. The predicted molar refractivity (Wildman–Crippen MR) is 141 cm³/mol. The molecule has 0 fully saturated rings. The van der Waals surface area contributed by atoms with Crippen LogP contribution in [0.15, 0.2) is 36.4 Å². The molecule has 0 spiro atoms. The van der Waals surface area contributed by atoms with Crippen molar-refractivity contribution in [2.75, 3.05) is 13.2 Å². The van der Waals surface area contributed by atoms with Gasteiger partial charge in [0.2, 0.25) is 0 Å². The summed E-state index contributed by atoms with van der Waals surface area (Å²) in [5, 5.41) is 0. The van der Waals surface area contributed by atoms with Crippen LogP contribution in [0.3, 0.4) is 0 Å². The van der Waals surface area contributed by atoms with Gasteiger partial charge in [0.25, 0.3) is 0 Å².